The van der Waals surface area contributed by atoms with Crippen LogP contribution in [0.4, 0.5) is 0 Å². The Hall–Kier alpha value is -3.58. The van der Waals surface area contributed by atoms with Crippen molar-refractivity contribution in [2.45, 2.75) is 24.8 Å². The second-order valence-corrected chi connectivity index (χ2v) is 8.53. The Morgan fingerprint density at radius 3 is 2.09 bits per heavy atom. The van der Waals surface area contributed by atoms with E-state index in [1.807, 2.05) is 42.5 Å². The molecule has 0 radical (unpaired) electrons. The van der Waals surface area contributed by atoms with Crippen molar-refractivity contribution in [3.8, 4) is 0 Å². The summed E-state index contributed by atoms with van der Waals surface area (Å²) in [5.41, 5.74) is 7.71. The quantitative estimate of drug-likeness (QED) is 0.332. The summed E-state index contributed by atoms with van der Waals surface area (Å²) in [5.74, 6) is -1.12. The average molecular weight is 450 g/mol. The highest BCUT2D eigenvalue weighted by molar-refractivity contribution is 7.14. The van der Waals surface area contributed by atoms with Crippen LogP contribution < -0.4 is 16.4 Å². The number of aliphatic carboxylic acids is 1. The Balaban J connectivity index is 1.75. The maximum Gasteiger partial charge on any atom is 0.326 e. The van der Waals surface area contributed by atoms with Crippen LogP contribution in [0.1, 0.15) is 44.4 Å². The van der Waals surface area contributed by atoms with Crippen molar-refractivity contribution < 1.29 is 14.7 Å². The van der Waals surface area contributed by atoms with Gasteiger partial charge in [-0.05, 0) is 36.1 Å². The lowest BCUT2D eigenvalue weighted by Crippen LogP contribution is -2.41. The molecule has 0 aliphatic rings. The second-order valence-electron chi connectivity index (χ2n) is 7.41. The third-order valence-electron chi connectivity index (χ3n) is 5.03. The molecule has 1 unspecified atom stereocenters. The van der Waals surface area contributed by atoms with E-state index in [2.05, 4.69) is 41.5 Å². The van der Waals surface area contributed by atoms with E-state index in [-0.39, 0.29) is 18.2 Å². The highest BCUT2D eigenvalue weighted by Gasteiger charge is 2.23. The molecule has 7 heteroatoms. The summed E-state index contributed by atoms with van der Waals surface area (Å²) in [5, 5.41) is 15.0. The summed E-state index contributed by atoms with van der Waals surface area (Å²) in [6.45, 7) is 4.03. The Morgan fingerprint density at radius 1 is 0.969 bits per heavy atom. The Bertz CT molecular complexity index is 1010. The van der Waals surface area contributed by atoms with Crippen molar-refractivity contribution in [2.75, 3.05) is 6.54 Å². The molecule has 1 amide bonds. The van der Waals surface area contributed by atoms with Crippen LogP contribution in [0.5, 0.6) is 0 Å². The van der Waals surface area contributed by atoms with E-state index in [1.54, 1.807) is 6.07 Å². The number of thiophene rings is 1. The van der Waals surface area contributed by atoms with Gasteiger partial charge in [0.05, 0.1) is 10.7 Å². The molecule has 166 valence electrons. The zero-order chi connectivity index (χ0) is 22.9. The smallest absolute Gasteiger partial charge is 0.326 e. The third kappa shape index (κ3) is 6.21. The van der Waals surface area contributed by atoms with E-state index in [0.29, 0.717) is 23.7 Å². The predicted octanol–water partition coefficient (Wildman–Crippen LogP) is 3.91. The molecule has 1 heterocycles. The molecule has 0 spiro atoms. The topological polar surface area (TPSA) is 104 Å². The minimum atomic E-state index is -1.06. The number of rotatable bonds is 11. The number of carbonyl (C=O) groups excluding carboxylic acids is 1. The first-order valence-corrected chi connectivity index (χ1v) is 11.2. The zero-order valence-electron chi connectivity index (χ0n) is 17.7. The van der Waals surface area contributed by atoms with E-state index in [1.165, 1.54) is 11.3 Å². The molecule has 1 atom stereocenters. The molecular formula is C25H27N3O3S. The van der Waals surface area contributed by atoms with Crippen LogP contribution in [0.25, 0.3) is 0 Å². The van der Waals surface area contributed by atoms with Gasteiger partial charge in [0.25, 0.3) is 5.91 Å². The molecule has 32 heavy (non-hydrogen) atoms. The lowest BCUT2D eigenvalue weighted by atomic mass is 9.90. The lowest BCUT2D eigenvalue weighted by Gasteiger charge is -2.17. The van der Waals surface area contributed by atoms with E-state index < -0.39 is 12.0 Å². The first-order chi connectivity index (χ1) is 15.5. The van der Waals surface area contributed by atoms with Crippen LogP contribution in [0.3, 0.4) is 0 Å². The number of carboxylic acids is 1. The maximum atomic E-state index is 12.8. The largest absolute Gasteiger partial charge is 0.480 e. The number of carbonyl (C=O) groups is 2. The number of hydrogen-bond donors (Lipinski definition) is 4. The van der Waals surface area contributed by atoms with Crippen LogP contribution in [0, 0.1) is 0 Å². The van der Waals surface area contributed by atoms with Gasteiger partial charge in [0.15, 0.2) is 0 Å². The van der Waals surface area contributed by atoms with E-state index in [9.17, 15) is 14.7 Å². The molecule has 5 N–H and O–H groups in total. The van der Waals surface area contributed by atoms with Crippen LogP contribution in [-0.2, 0) is 4.79 Å². The van der Waals surface area contributed by atoms with E-state index >= 15 is 0 Å². The van der Waals surface area contributed by atoms with Gasteiger partial charge in [0.2, 0.25) is 0 Å². The molecule has 3 aromatic rings. The van der Waals surface area contributed by atoms with Gasteiger partial charge in [-0.25, -0.2) is 4.79 Å². The minimum absolute atomic E-state index is 0.00495. The van der Waals surface area contributed by atoms with Gasteiger partial charge in [-0.3, -0.25) is 4.79 Å². The molecule has 0 fully saturated rings. The summed E-state index contributed by atoms with van der Waals surface area (Å²) in [6, 6.07) is 23.0. The predicted molar refractivity (Wildman–Crippen MR) is 128 cm³/mol. The molecule has 0 bridgehead atoms. The van der Waals surface area contributed by atoms with Crippen molar-refractivity contribution in [2.24, 2.45) is 5.73 Å². The molecule has 3 rings (SSSR count). The van der Waals surface area contributed by atoms with Gasteiger partial charge in [0, 0.05) is 17.3 Å². The number of nitrogens with one attached hydrogen (secondary N) is 2. The van der Waals surface area contributed by atoms with Gasteiger partial charge >= 0.3 is 5.97 Å². The fourth-order valence-corrected chi connectivity index (χ4v) is 4.55. The second kappa shape index (κ2) is 11.2. The molecule has 1 aromatic heterocycles. The summed E-state index contributed by atoms with van der Waals surface area (Å²) < 4.78 is 0. The maximum absolute atomic E-state index is 12.8. The molecule has 6 nitrogen and oxygen atoms in total. The van der Waals surface area contributed by atoms with Gasteiger partial charge in [-0.15, -0.1) is 11.3 Å². The molecule has 0 aliphatic heterocycles. The molecule has 0 saturated carbocycles. The SMILES string of the molecule is C=C(N)NCCCC(NC(=O)c1ccc(C(c2ccccc2)c2ccccc2)s1)C(=O)O. The van der Waals surface area contributed by atoms with Gasteiger partial charge in [-0.1, -0.05) is 67.2 Å². The van der Waals surface area contributed by atoms with E-state index in [4.69, 9.17) is 5.73 Å². The minimum Gasteiger partial charge on any atom is -0.480 e. The standard InChI is InChI=1S/C25H27N3O3S/c1-17(26)27-16-8-13-20(25(30)31)28-24(29)22-15-14-21(32-22)23(18-9-4-2-5-10-18)19-11-6-3-7-12-19/h2-7,9-12,14-15,20,23,27H,1,8,13,16,26H2,(H,28,29)(H,30,31). The van der Waals surface area contributed by atoms with Crippen LogP contribution >= 0.6 is 11.3 Å². The Kier molecular flexibility index (Phi) is 8.05. The van der Waals surface area contributed by atoms with Crippen LogP contribution in [0.15, 0.2) is 85.2 Å². The highest BCUT2D eigenvalue weighted by Crippen LogP contribution is 2.36. The van der Waals surface area contributed by atoms with E-state index in [0.717, 1.165) is 16.0 Å². The third-order valence-corrected chi connectivity index (χ3v) is 6.17. The summed E-state index contributed by atoms with van der Waals surface area (Å²) in [7, 11) is 0. The monoisotopic (exact) mass is 449 g/mol. The fourth-order valence-electron chi connectivity index (χ4n) is 3.48. The highest BCUT2D eigenvalue weighted by atomic mass is 32.1. The molecule has 0 saturated heterocycles. The summed E-state index contributed by atoms with van der Waals surface area (Å²) in [6.07, 6.45) is 0.823. The first kappa shape index (κ1) is 23.1. The van der Waals surface area contributed by atoms with Crippen LogP contribution in [-0.4, -0.2) is 29.6 Å². The van der Waals surface area contributed by atoms with Crippen molar-refractivity contribution in [3.63, 3.8) is 0 Å². The summed E-state index contributed by atoms with van der Waals surface area (Å²) >= 11 is 1.38. The Morgan fingerprint density at radius 2 is 1.56 bits per heavy atom. The summed E-state index contributed by atoms with van der Waals surface area (Å²) in [4.78, 5) is 25.9. The number of carboxylic acid groups (broad SMARTS) is 1. The van der Waals surface area contributed by atoms with Gasteiger partial charge < -0.3 is 21.5 Å². The van der Waals surface area contributed by atoms with Crippen molar-refractivity contribution in [1.82, 2.24) is 10.6 Å². The van der Waals surface area contributed by atoms with Crippen LogP contribution in [0.2, 0.25) is 0 Å². The average Bonchev–Trinajstić information content (AvgIpc) is 3.27. The Labute approximate surface area is 191 Å². The normalized spacial score (nSPS) is 11.7. The number of amides is 1. The van der Waals surface area contributed by atoms with Crippen molar-refractivity contribution in [1.29, 1.82) is 0 Å². The number of hydrogen-bond acceptors (Lipinski definition) is 5. The van der Waals surface area contributed by atoms with Crippen molar-refractivity contribution >= 4 is 23.2 Å². The van der Waals surface area contributed by atoms with Gasteiger partial charge in [-0.2, -0.15) is 0 Å². The fraction of sp³-hybridized carbons (Fsp3) is 0.200. The molecular weight excluding hydrogens is 422 g/mol. The first-order valence-electron chi connectivity index (χ1n) is 10.4. The van der Waals surface area contributed by atoms with Gasteiger partial charge in [0.1, 0.15) is 6.04 Å². The lowest BCUT2D eigenvalue weighted by molar-refractivity contribution is -0.139. The molecule has 2 aromatic carbocycles. The molecule has 0 aliphatic carbocycles. The zero-order valence-corrected chi connectivity index (χ0v) is 18.5. The van der Waals surface area contributed by atoms with Crippen molar-refractivity contribution in [3.05, 3.63) is 106 Å². The number of nitrogens with two attached hydrogens (primary N) is 1. The number of benzene rings is 2.